The number of halogens is 1. The molecule has 2 aromatic carbocycles. The van der Waals surface area contributed by atoms with Crippen LogP contribution in [0.3, 0.4) is 0 Å². The molecule has 0 saturated heterocycles. The lowest BCUT2D eigenvalue weighted by Crippen LogP contribution is -2.04. The van der Waals surface area contributed by atoms with Crippen LogP contribution in [-0.4, -0.2) is 9.19 Å². The fourth-order valence-corrected chi connectivity index (χ4v) is 2.98. The highest BCUT2D eigenvalue weighted by Gasteiger charge is 2.12. The smallest absolute Gasteiger partial charge is 0.131 e. The Morgan fingerprint density at radius 1 is 0.957 bits per heavy atom. The molecule has 23 heavy (non-hydrogen) atoms. The highest BCUT2D eigenvalue weighted by atomic mass is 32.2. The van der Waals surface area contributed by atoms with E-state index in [1.165, 1.54) is 12.3 Å². The van der Waals surface area contributed by atoms with E-state index >= 15 is 0 Å². The average Bonchev–Trinajstić information content (AvgIpc) is 2.56. The average molecular weight is 327 g/mol. The van der Waals surface area contributed by atoms with E-state index in [1.807, 2.05) is 0 Å². The maximum Gasteiger partial charge on any atom is 0.131 e. The van der Waals surface area contributed by atoms with E-state index in [0.29, 0.717) is 33.0 Å². The summed E-state index contributed by atoms with van der Waals surface area (Å²) in [6, 6.07) is 15.1. The number of nitrogens with zero attached hydrogens (tertiary/aromatic N) is 1. The van der Waals surface area contributed by atoms with Gasteiger partial charge in [-0.1, -0.05) is 30.3 Å². The van der Waals surface area contributed by atoms with Crippen molar-refractivity contribution >= 4 is 16.8 Å². The van der Waals surface area contributed by atoms with Gasteiger partial charge in [0.1, 0.15) is 22.6 Å². The first kappa shape index (κ1) is 15.3. The molecule has 0 spiro atoms. The molecular weight excluding hydrogens is 313 g/mol. The fourth-order valence-electron chi connectivity index (χ4n) is 2.36. The largest absolute Gasteiger partial charge is 0.384 e. The van der Waals surface area contributed by atoms with Crippen LogP contribution in [0.25, 0.3) is 22.3 Å². The second kappa shape index (κ2) is 6.28. The summed E-state index contributed by atoms with van der Waals surface area (Å²) in [5.41, 5.74) is 7.87. The van der Waals surface area contributed by atoms with Gasteiger partial charge in [-0.25, -0.2) is 18.7 Å². The maximum atomic E-state index is 14.5. The molecule has 1 atom stereocenters. The van der Waals surface area contributed by atoms with Gasteiger partial charge in [0, 0.05) is 17.3 Å². The Morgan fingerprint density at radius 3 is 2.35 bits per heavy atom. The van der Waals surface area contributed by atoms with Crippen LogP contribution in [0.2, 0.25) is 0 Å². The van der Waals surface area contributed by atoms with E-state index in [-0.39, 0.29) is 0 Å². The normalized spacial score (nSPS) is 12.1. The Hall–Kier alpha value is -2.57. The van der Waals surface area contributed by atoms with Crippen LogP contribution in [0.5, 0.6) is 0 Å². The van der Waals surface area contributed by atoms with Gasteiger partial charge >= 0.3 is 0 Å². The summed E-state index contributed by atoms with van der Waals surface area (Å²) in [4.78, 5) is 4.44. The van der Waals surface area contributed by atoms with Crippen molar-refractivity contribution in [3.8, 4) is 22.3 Å². The van der Waals surface area contributed by atoms with E-state index in [2.05, 4.69) is 4.98 Å². The molecule has 1 heterocycles. The van der Waals surface area contributed by atoms with Crippen molar-refractivity contribution < 1.29 is 8.60 Å². The number of hydrogen-bond acceptors (Lipinski definition) is 3. The fraction of sp³-hybridized carbons (Fsp3) is 0. The molecule has 0 aliphatic rings. The predicted molar refractivity (Wildman–Crippen MR) is 90.1 cm³/mol. The van der Waals surface area contributed by atoms with Crippen LogP contribution in [0.15, 0.2) is 65.7 Å². The summed E-state index contributed by atoms with van der Waals surface area (Å²) in [6.45, 7) is 0. The highest BCUT2D eigenvalue weighted by molar-refractivity contribution is 7.82. The topological polar surface area (TPSA) is 82.0 Å². The monoisotopic (exact) mass is 327 g/mol. The minimum absolute atomic E-state index is 0.380. The van der Waals surface area contributed by atoms with Crippen LogP contribution in [0, 0.1) is 5.82 Å². The number of pyridine rings is 1. The number of benzene rings is 2. The molecule has 1 aromatic heterocycles. The molecule has 116 valence electrons. The Bertz CT molecular complexity index is 881. The number of anilines is 1. The predicted octanol–water partition coefficient (Wildman–Crippen LogP) is 3.12. The zero-order chi connectivity index (χ0) is 16.4. The molecule has 0 radical (unpaired) electrons. The van der Waals surface area contributed by atoms with Crippen molar-refractivity contribution in [1.29, 1.82) is 0 Å². The maximum absolute atomic E-state index is 14.5. The van der Waals surface area contributed by atoms with E-state index in [1.54, 1.807) is 48.5 Å². The molecule has 3 rings (SSSR count). The third-order valence-electron chi connectivity index (χ3n) is 3.48. The van der Waals surface area contributed by atoms with Gasteiger partial charge in [0.25, 0.3) is 0 Å². The zero-order valence-corrected chi connectivity index (χ0v) is 12.9. The van der Waals surface area contributed by atoms with Crippen molar-refractivity contribution in [2.75, 3.05) is 5.73 Å². The molecular formula is C17H14FN3OS. The first-order valence-electron chi connectivity index (χ1n) is 6.83. The van der Waals surface area contributed by atoms with Gasteiger partial charge in [-0.2, -0.15) is 0 Å². The van der Waals surface area contributed by atoms with E-state index in [4.69, 9.17) is 10.9 Å². The first-order chi connectivity index (χ1) is 11.1. The summed E-state index contributed by atoms with van der Waals surface area (Å²) < 4.78 is 26.1. The number of aromatic nitrogens is 1. The molecule has 0 amide bonds. The quantitative estimate of drug-likeness (QED) is 0.775. The molecule has 3 aromatic rings. The minimum atomic E-state index is -1.64. The van der Waals surface area contributed by atoms with E-state index < -0.39 is 16.8 Å². The highest BCUT2D eigenvalue weighted by Crippen LogP contribution is 2.30. The van der Waals surface area contributed by atoms with E-state index in [0.717, 1.165) is 0 Å². The number of nitrogens with two attached hydrogens (primary N) is 2. The summed E-state index contributed by atoms with van der Waals surface area (Å²) in [5.74, 6) is -0.0168. The molecule has 0 aliphatic heterocycles. The first-order valence-corrected chi connectivity index (χ1v) is 8.04. The minimum Gasteiger partial charge on any atom is -0.384 e. The van der Waals surface area contributed by atoms with Gasteiger partial charge in [-0.3, -0.25) is 0 Å². The Morgan fingerprint density at radius 2 is 1.70 bits per heavy atom. The molecule has 0 aliphatic carbocycles. The number of nitrogen functional groups attached to an aromatic ring is 1. The van der Waals surface area contributed by atoms with Crippen molar-refractivity contribution in [2.24, 2.45) is 5.14 Å². The van der Waals surface area contributed by atoms with Crippen molar-refractivity contribution in [3.63, 3.8) is 0 Å². The van der Waals surface area contributed by atoms with Gasteiger partial charge < -0.3 is 5.73 Å². The molecule has 0 saturated carbocycles. The molecule has 0 fully saturated rings. The van der Waals surface area contributed by atoms with Crippen LogP contribution in [0.4, 0.5) is 10.2 Å². The van der Waals surface area contributed by atoms with Crippen LogP contribution in [0.1, 0.15) is 0 Å². The van der Waals surface area contributed by atoms with Crippen molar-refractivity contribution in [3.05, 3.63) is 66.6 Å². The van der Waals surface area contributed by atoms with Gasteiger partial charge in [0.15, 0.2) is 0 Å². The summed E-state index contributed by atoms with van der Waals surface area (Å²) in [5, 5.41) is 5.48. The summed E-state index contributed by atoms with van der Waals surface area (Å²) in [6.07, 6.45) is 1.52. The lowest BCUT2D eigenvalue weighted by atomic mass is 10.0. The number of hydrogen-bond donors (Lipinski definition) is 2. The second-order valence-corrected chi connectivity index (χ2v) is 5.99. The van der Waals surface area contributed by atoms with Gasteiger partial charge in [-0.15, -0.1) is 0 Å². The molecule has 6 heteroatoms. The third kappa shape index (κ3) is 3.13. The summed E-state index contributed by atoms with van der Waals surface area (Å²) >= 11 is 0. The Labute approximate surface area is 135 Å². The molecule has 4 nitrogen and oxygen atoms in total. The van der Waals surface area contributed by atoms with Crippen LogP contribution >= 0.6 is 0 Å². The van der Waals surface area contributed by atoms with E-state index in [9.17, 15) is 8.60 Å². The molecule has 0 bridgehead atoms. The second-order valence-electron chi connectivity index (χ2n) is 4.96. The lowest BCUT2D eigenvalue weighted by Gasteiger charge is -2.09. The zero-order valence-electron chi connectivity index (χ0n) is 12.1. The molecule has 1 unspecified atom stereocenters. The Balaban J connectivity index is 2.07. The SMILES string of the molecule is Nc1ccc(-c2ccc(-c3ccccc3S(N)=O)cc2F)cn1. The summed E-state index contributed by atoms with van der Waals surface area (Å²) in [7, 11) is -1.64. The van der Waals surface area contributed by atoms with Crippen molar-refractivity contribution in [1.82, 2.24) is 4.98 Å². The lowest BCUT2D eigenvalue weighted by molar-refractivity contribution is 0.631. The molecule has 4 N–H and O–H groups in total. The number of rotatable bonds is 3. The Kier molecular flexibility index (Phi) is 4.18. The van der Waals surface area contributed by atoms with Crippen LogP contribution in [-0.2, 0) is 11.0 Å². The van der Waals surface area contributed by atoms with Crippen molar-refractivity contribution in [2.45, 2.75) is 4.90 Å². The van der Waals surface area contributed by atoms with Gasteiger partial charge in [0.05, 0.1) is 4.90 Å². The van der Waals surface area contributed by atoms with Gasteiger partial charge in [0.2, 0.25) is 0 Å². The third-order valence-corrected chi connectivity index (χ3v) is 4.27. The van der Waals surface area contributed by atoms with Crippen LogP contribution < -0.4 is 10.9 Å². The van der Waals surface area contributed by atoms with Gasteiger partial charge in [-0.05, 0) is 35.4 Å². The standard InChI is InChI=1S/C17H14FN3OS/c18-15-9-11(14-3-1-2-4-16(14)23(20)22)5-7-13(15)12-6-8-17(19)21-10-12/h1-10H,20H2,(H2,19,21).